The van der Waals surface area contributed by atoms with Crippen molar-refractivity contribution in [2.75, 3.05) is 12.4 Å². The number of nitrogens with one attached hydrogen (secondary N) is 1. The third-order valence-corrected chi connectivity index (χ3v) is 3.74. The van der Waals surface area contributed by atoms with E-state index in [1.165, 1.54) is 13.2 Å². The zero-order valence-electron chi connectivity index (χ0n) is 13.5. The minimum atomic E-state index is -0.307. The van der Waals surface area contributed by atoms with Gasteiger partial charge in [-0.3, -0.25) is 4.79 Å². The van der Waals surface area contributed by atoms with Crippen LogP contribution in [0.2, 0.25) is 5.02 Å². The lowest BCUT2D eigenvalue weighted by molar-refractivity contribution is -0.111. The molecule has 0 saturated carbocycles. The molecule has 3 rings (SSSR count). The number of hydrogen-bond donors (Lipinski definition) is 1. The number of ether oxygens (including phenoxy) is 1. The molecule has 1 aromatic heterocycles. The van der Waals surface area contributed by atoms with Crippen LogP contribution in [-0.4, -0.2) is 13.0 Å². The second kappa shape index (κ2) is 7.73. The Morgan fingerprint density at radius 1 is 1.12 bits per heavy atom. The van der Waals surface area contributed by atoms with E-state index in [0.29, 0.717) is 22.2 Å². The van der Waals surface area contributed by atoms with Gasteiger partial charge in [-0.25, -0.2) is 0 Å². The monoisotopic (exact) mass is 353 g/mol. The van der Waals surface area contributed by atoms with Gasteiger partial charge in [-0.05, 0) is 36.4 Å². The number of hydrogen-bond acceptors (Lipinski definition) is 3. The number of anilines is 1. The third-order valence-electron chi connectivity index (χ3n) is 3.50. The number of carbonyl (C=O) groups is 1. The molecule has 0 fully saturated rings. The number of furan rings is 1. The Morgan fingerprint density at radius 2 is 1.92 bits per heavy atom. The number of rotatable bonds is 5. The summed E-state index contributed by atoms with van der Waals surface area (Å²) >= 11 is 5.95. The van der Waals surface area contributed by atoms with Crippen molar-refractivity contribution in [1.29, 1.82) is 0 Å². The Balaban J connectivity index is 1.69. The maximum absolute atomic E-state index is 12.1. The molecular formula is C20H16ClNO3. The van der Waals surface area contributed by atoms with Gasteiger partial charge in [0.25, 0.3) is 0 Å². The maximum atomic E-state index is 12.1. The van der Waals surface area contributed by atoms with E-state index in [-0.39, 0.29) is 5.91 Å². The van der Waals surface area contributed by atoms with Gasteiger partial charge in [-0.15, -0.1) is 0 Å². The number of halogens is 1. The molecule has 25 heavy (non-hydrogen) atoms. The lowest BCUT2D eigenvalue weighted by Crippen LogP contribution is -2.08. The van der Waals surface area contributed by atoms with E-state index in [4.69, 9.17) is 20.8 Å². The van der Waals surface area contributed by atoms with Gasteiger partial charge in [0, 0.05) is 16.7 Å². The molecule has 0 bridgehead atoms. The summed E-state index contributed by atoms with van der Waals surface area (Å²) in [5.41, 5.74) is 1.49. The van der Waals surface area contributed by atoms with Crippen LogP contribution in [0.15, 0.2) is 71.2 Å². The summed E-state index contributed by atoms with van der Waals surface area (Å²) in [7, 11) is 1.53. The quantitative estimate of drug-likeness (QED) is 0.636. The van der Waals surface area contributed by atoms with Crippen LogP contribution in [0.25, 0.3) is 17.4 Å². The largest absolute Gasteiger partial charge is 0.495 e. The molecule has 4 nitrogen and oxygen atoms in total. The van der Waals surface area contributed by atoms with Crippen LogP contribution in [0.4, 0.5) is 5.69 Å². The highest BCUT2D eigenvalue weighted by Crippen LogP contribution is 2.27. The van der Waals surface area contributed by atoms with E-state index in [0.717, 1.165) is 11.3 Å². The van der Waals surface area contributed by atoms with Crippen LogP contribution >= 0.6 is 11.6 Å². The highest BCUT2D eigenvalue weighted by molar-refractivity contribution is 6.31. The average molecular weight is 354 g/mol. The van der Waals surface area contributed by atoms with Crippen molar-refractivity contribution in [1.82, 2.24) is 0 Å². The van der Waals surface area contributed by atoms with Crippen LogP contribution in [0.5, 0.6) is 5.75 Å². The highest BCUT2D eigenvalue weighted by atomic mass is 35.5. The summed E-state index contributed by atoms with van der Waals surface area (Å²) in [6, 6.07) is 18.5. The van der Waals surface area contributed by atoms with Crippen LogP contribution in [0.3, 0.4) is 0 Å². The molecule has 0 atom stereocenters. The Bertz CT molecular complexity index is 900. The molecule has 0 aliphatic carbocycles. The minimum Gasteiger partial charge on any atom is -0.495 e. The normalized spacial score (nSPS) is 10.8. The SMILES string of the molecule is COc1ccc(Cl)cc1NC(=O)/C=C/c1ccc(-c2ccccc2)o1. The van der Waals surface area contributed by atoms with Gasteiger partial charge in [0.05, 0.1) is 12.8 Å². The van der Waals surface area contributed by atoms with Gasteiger partial charge >= 0.3 is 0 Å². The Morgan fingerprint density at radius 3 is 2.68 bits per heavy atom. The van der Waals surface area contributed by atoms with Gasteiger partial charge in [0.1, 0.15) is 17.3 Å². The topological polar surface area (TPSA) is 51.5 Å². The van der Waals surface area contributed by atoms with Crippen molar-refractivity contribution < 1.29 is 13.9 Å². The van der Waals surface area contributed by atoms with Gasteiger partial charge in [0.15, 0.2) is 0 Å². The van der Waals surface area contributed by atoms with Gasteiger partial charge in [-0.2, -0.15) is 0 Å². The fraction of sp³-hybridized carbons (Fsp3) is 0.0500. The van der Waals surface area contributed by atoms with E-state index in [1.807, 2.05) is 42.5 Å². The molecule has 0 aliphatic rings. The molecule has 5 heteroatoms. The van der Waals surface area contributed by atoms with Crippen LogP contribution in [0.1, 0.15) is 5.76 Å². The zero-order valence-corrected chi connectivity index (χ0v) is 14.3. The molecule has 0 saturated heterocycles. The number of amides is 1. The first-order chi connectivity index (χ1) is 12.2. The molecular weight excluding hydrogens is 338 g/mol. The smallest absolute Gasteiger partial charge is 0.248 e. The number of benzene rings is 2. The highest BCUT2D eigenvalue weighted by Gasteiger charge is 2.07. The summed E-state index contributed by atoms with van der Waals surface area (Å²) in [4.78, 5) is 12.1. The minimum absolute atomic E-state index is 0.307. The summed E-state index contributed by atoms with van der Waals surface area (Å²) in [5, 5.41) is 3.25. The maximum Gasteiger partial charge on any atom is 0.248 e. The Hall–Kier alpha value is -2.98. The van der Waals surface area contributed by atoms with E-state index < -0.39 is 0 Å². The van der Waals surface area contributed by atoms with E-state index >= 15 is 0 Å². The predicted molar refractivity (Wildman–Crippen MR) is 99.8 cm³/mol. The van der Waals surface area contributed by atoms with Crippen LogP contribution < -0.4 is 10.1 Å². The van der Waals surface area contributed by atoms with E-state index in [2.05, 4.69) is 5.32 Å². The van der Waals surface area contributed by atoms with Gasteiger partial charge in [0.2, 0.25) is 5.91 Å². The second-order valence-electron chi connectivity index (χ2n) is 5.24. The zero-order chi connectivity index (χ0) is 17.6. The lowest BCUT2D eigenvalue weighted by Gasteiger charge is -2.08. The van der Waals surface area contributed by atoms with Crippen molar-refractivity contribution in [2.24, 2.45) is 0 Å². The molecule has 2 aromatic carbocycles. The molecule has 3 aromatic rings. The summed E-state index contributed by atoms with van der Waals surface area (Å²) in [5.74, 6) is 1.57. The van der Waals surface area contributed by atoms with Crippen molar-refractivity contribution in [2.45, 2.75) is 0 Å². The fourth-order valence-corrected chi connectivity index (χ4v) is 2.48. The summed E-state index contributed by atoms with van der Waals surface area (Å²) < 4.78 is 10.9. The molecule has 1 N–H and O–H groups in total. The van der Waals surface area contributed by atoms with E-state index in [1.54, 1.807) is 24.3 Å². The molecule has 0 spiro atoms. The fourth-order valence-electron chi connectivity index (χ4n) is 2.31. The molecule has 1 heterocycles. The average Bonchev–Trinajstić information content (AvgIpc) is 3.10. The predicted octanol–water partition coefficient (Wildman–Crippen LogP) is 5.26. The molecule has 0 unspecified atom stereocenters. The number of carbonyl (C=O) groups excluding carboxylic acids is 1. The standard InChI is InChI=1S/C20H16ClNO3/c1-24-19-10-7-15(21)13-17(19)22-20(23)12-9-16-8-11-18(25-16)14-5-3-2-4-6-14/h2-13H,1H3,(H,22,23)/b12-9+. The first-order valence-electron chi connectivity index (χ1n) is 7.63. The molecule has 0 radical (unpaired) electrons. The number of methoxy groups -OCH3 is 1. The molecule has 1 amide bonds. The first-order valence-corrected chi connectivity index (χ1v) is 8.01. The lowest BCUT2D eigenvalue weighted by atomic mass is 10.2. The summed E-state index contributed by atoms with van der Waals surface area (Å²) in [6.07, 6.45) is 3.01. The van der Waals surface area contributed by atoms with E-state index in [9.17, 15) is 4.79 Å². The Labute approximate surface area is 150 Å². The van der Waals surface area contributed by atoms with Crippen molar-refractivity contribution in [3.8, 4) is 17.1 Å². The van der Waals surface area contributed by atoms with Crippen molar-refractivity contribution in [3.05, 3.63) is 77.5 Å². The Kier molecular flexibility index (Phi) is 5.21. The second-order valence-corrected chi connectivity index (χ2v) is 5.67. The van der Waals surface area contributed by atoms with Crippen molar-refractivity contribution in [3.63, 3.8) is 0 Å². The van der Waals surface area contributed by atoms with Crippen LogP contribution in [-0.2, 0) is 4.79 Å². The molecule has 0 aliphatic heterocycles. The summed E-state index contributed by atoms with van der Waals surface area (Å²) in [6.45, 7) is 0. The first kappa shape index (κ1) is 16.9. The van der Waals surface area contributed by atoms with Gasteiger partial charge in [-0.1, -0.05) is 41.9 Å². The van der Waals surface area contributed by atoms with Gasteiger partial charge < -0.3 is 14.5 Å². The van der Waals surface area contributed by atoms with Crippen molar-refractivity contribution >= 4 is 29.3 Å². The third kappa shape index (κ3) is 4.31. The molecule has 126 valence electrons. The van der Waals surface area contributed by atoms with Crippen LogP contribution in [0, 0.1) is 0 Å².